The van der Waals surface area contributed by atoms with E-state index in [1.165, 1.54) is 6.08 Å². The minimum Gasteiger partial charge on any atom is -0.481 e. The molecule has 9 heteroatoms. The predicted octanol–water partition coefficient (Wildman–Crippen LogP) is 1.32. The highest BCUT2D eigenvalue weighted by atomic mass is 16.6. The molecule has 0 aromatic rings. The van der Waals surface area contributed by atoms with Crippen LogP contribution in [-0.2, 0) is 28.7 Å². The smallest absolute Gasteiger partial charge is 0.341 e. The standard InChI is InChI=1S/C10H10O7.C6H8O2/c1-5(3-7(11)12)9(15)17-10(16)6(2)4-8(13)14;1-2-3-4-5-6(7)8/h1-4H2,(H,11,12)(H,13,14);2-5H,1H3,(H,7,8)/b;3-2+,5-4+. The second-order valence-electron chi connectivity index (χ2n) is 4.25. The van der Waals surface area contributed by atoms with Gasteiger partial charge in [-0.2, -0.15) is 0 Å². The second kappa shape index (κ2) is 13.0. The molecule has 0 fully saturated rings. The van der Waals surface area contributed by atoms with Crippen LogP contribution >= 0.6 is 0 Å². The van der Waals surface area contributed by atoms with Gasteiger partial charge in [0.1, 0.15) is 0 Å². The molecule has 0 bridgehead atoms. The van der Waals surface area contributed by atoms with E-state index in [9.17, 15) is 24.0 Å². The number of carbonyl (C=O) groups excluding carboxylic acids is 2. The first-order valence-corrected chi connectivity index (χ1v) is 6.59. The van der Waals surface area contributed by atoms with E-state index in [2.05, 4.69) is 17.9 Å². The average molecular weight is 354 g/mol. The maximum Gasteiger partial charge on any atom is 0.341 e. The van der Waals surface area contributed by atoms with Gasteiger partial charge in [-0.15, -0.1) is 0 Å². The van der Waals surface area contributed by atoms with Gasteiger partial charge in [0.15, 0.2) is 0 Å². The van der Waals surface area contributed by atoms with Crippen molar-refractivity contribution in [3.63, 3.8) is 0 Å². The third-order valence-corrected chi connectivity index (χ3v) is 2.03. The molecule has 0 spiro atoms. The monoisotopic (exact) mass is 354 g/mol. The number of ether oxygens (including phenoxy) is 1. The summed E-state index contributed by atoms with van der Waals surface area (Å²) in [5.74, 6) is -5.96. The lowest BCUT2D eigenvalue weighted by atomic mass is 10.2. The number of hydrogen-bond acceptors (Lipinski definition) is 6. The Morgan fingerprint density at radius 3 is 1.52 bits per heavy atom. The minimum atomic E-state index is -1.30. The van der Waals surface area contributed by atoms with Crippen LogP contribution in [0.4, 0.5) is 0 Å². The number of carbonyl (C=O) groups is 5. The van der Waals surface area contributed by atoms with Crippen molar-refractivity contribution in [3.8, 4) is 0 Å². The highest BCUT2D eigenvalue weighted by Crippen LogP contribution is 2.06. The number of carboxylic acids is 3. The molecule has 0 saturated heterocycles. The lowest BCUT2D eigenvalue weighted by Gasteiger charge is -2.04. The molecule has 0 radical (unpaired) electrons. The zero-order valence-corrected chi connectivity index (χ0v) is 13.4. The van der Waals surface area contributed by atoms with Crippen LogP contribution in [0.2, 0.25) is 0 Å². The Hall–Kier alpha value is -3.49. The fourth-order valence-electron chi connectivity index (χ4n) is 0.987. The first-order chi connectivity index (χ1) is 11.5. The highest BCUT2D eigenvalue weighted by Gasteiger charge is 2.19. The summed E-state index contributed by atoms with van der Waals surface area (Å²) in [7, 11) is 0. The number of esters is 2. The lowest BCUT2D eigenvalue weighted by Crippen LogP contribution is -2.18. The molecular weight excluding hydrogens is 336 g/mol. The molecule has 0 unspecified atom stereocenters. The van der Waals surface area contributed by atoms with E-state index in [4.69, 9.17) is 15.3 Å². The van der Waals surface area contributed by atoms with Crippen molar-refractivity contribution in [2.45, 2.75) is 19.8 Å². The van der Waals surface area contributed by atoms with Gasteiger partial charge in [0.2, 0.25) is 0 Å². The largest absolute Gasteiger partial charge is 0.481 e. The van der Waals surface area contributed by atoms with Gasteiger partial charge in [0.05, 0.1) is 12.8 Å². The van der Waals surface area contributed by atoms with Gasteiger partial charge in [0, 0.05) is 17.2 Å². The van der Waals surface area contributed by atoms with Crippen molar-refractivity contribution < 1.29 is 44.0 Å². The Kier molecular flexibility index (Phi) is 12.4. The first-order valence-electron chi connectivity index (χ1n) is 6.59. The lowest BCUT2D eigenvalue weighted by molar-refractivity contribution is -0.156. The van der Waals surface area contributed by atoms with Crippen LogP contribution in [0, 0.1) is 0 Å². The Labute approximate surface area is 143 Å². The van der Waals surface area contributed by atoms with Crippen LogP contribution in [0.15, 0.2) is 48.6 Å². The Bertz CT molecular complexity index is 586. The molecule has 0 amide bonds. The van der Waals surface area contributed by atoms with Crippen molar-refractivity contribution >= 4 is 29.8 Å². The SMILES string of the molecule is C/C=C/C=C/C(=O)O.C=C(CC(=O)O)C(=O)OC(=O)C(=C)CC(=O)O. The van der Waals surface area contributed by atoms with Crippen LogP contribution in [0.3, 0.4) is 0 Å². The van der Waals surface area contributed by atoms with Crippen LogP contribution in [-0.4, -0.2) is 45.2 Å². The van der Waals surface area contributed by atoms with E-state index in [0.717, 1.165) is 6.08 Å². The fourth-order valence-corrected chi connectivity index (χ4v) is 0.987. The van der Waals surface area contributed by atoms with Gasteiger partial charge in [-0.25, -0.2) is 14.4 Å². The molecule has 0 saturated carbocycles. The average Bonchev–Trinajstić information content (AvgIpc) is 2.46. The second-order valence-corrected chi connectivity index (χ2v) is 4.25. The normalized spacial score (nSPS) is 9.80. The molecule has 0 aliphatic carbocycles. The van der Waals surface area contributed by atoms with Crippen molar-refractivity contribution in [1.29, 1.82) is 0 Å². The minimum absolute atomic E-state index is 0.422. The van der Waals surface area contributed by atoms with Crippen LogP contribution in [0.5, 0.6) is 0 Å². The molecule has 9 nitrogen and oxygen atoms in total. The number of aliphatic carboxylic acids is 3. The molecule has 136 valence electrons. The molecule has 0 heterocycles. The summed E-state index contributed by atoms with van der Waals surface area (Å²) >= 11 is 0. The number of carboxylic acid groups (broad SMARTS) is 3. The van der Waals surface area contributed by atoms with Gasteiger partial charge >= 0.3 is 29.8 Å². The molecule has 25 heavy (non-hydrogen) atoms. The molecule has 3 N–H and O–H groups in total. The van der Waals surface area contributed by atoms with E-state index in [0.29, 0.717) is 0 Å². The third kappa shape index (κ3) is 15.2. The number of hydrogen-bond donors (Lipinski definition) is 3. The van der Waals surface area contributed by atoms with E-state index in [1.54, 1.807) is 12.2 Å². The summed E-state index contributed by atoms with van der Waals surface area (Å²) in [6.07, 6.45) is 4.64. The topological polar surface area (TPSA) is 155 Å². The summed E-state index contributed by atoms with van der Waals surface area (Å²) in [4.78, 5) is 52.4. The fraction of sp³-hybridized carbons (Fsp3) is 0.188. The first kappa shape index (κ1) is 23.8. The third-order valence-electron chi connectivity index (χ3n) is 2.03. The van der Waals surface area contributed by atoms with E-state index in [1.807, 2.05) is 6.92 Å². The summed E-state index contributed by atoms with van der Waals surface area (Å²) in [5, 5.41) is 24.7. The maximum absolute atomic E-state index is 11.1. The zero-order chi connectivity index (χ0) is 20.0. The quantitative estimate of drug-likeness (QED) is 0.253. The van der Waals surface area contributed by atoms with Crippen LogP contribution < -0.4 is 0 Å². The molecule has 0 rings (SSSR count). The van der Waals surface area contributed by atoms with Gasteiger partial charge in [0.25, 0.3) is 0 Å². The van der Waals surface area contributed by atoms with Crippen LogP contribution in [0.1, 0.15) is 19.8 Å². The van der Waals surface area contributed by atoms with Gasteiger partial charge in [-0.05, 0) is 6.92 Å². The van der Waals surface area contributed by atoms with Gasteiger partial charge in [-0.3, -0.25) is 9.59 Å². The summed E-state index contributed by atoms with van der Waals surface area (Å²) in [6, 6.07) is 0. The zero-order valence-electron chi connectivity index (χ0n) is 13.4. The maximum atomic E-state index is 11.1. The predicted molar refractivity (Wildman–Crippen MR) is 85.5 cm³/mol. The van der Waals surface area contributed by atoms with Crippen molar-refractivity contribution in [3.05, 3.63) is 48.6 Å². The van der Waals surface area contributed by atoms with Gasteiger partial charge < -0.3 is 20.1 Å². The van der Waals surface area contributed by atoms with Gasteiger partial charge in [-0.1, -0.05) is 31.4 Å². The summed E-state index contributed by atoms with van der Waals surface area (Å²) in [6.45, 7) is 8.05. The Morgan fingerprint density at radius 2 is 1.24 bits per heavy atom. The van der Waals surface area contributed by atoms with Crippen molar-refractivity contribution in [2.24, 2.45) is 0 Å². The van der Waals surface area contributed by atoms with E-state index < -0.39 is 53.8 Å². The Morgan fingerprint density at radius 1 is 0.840 bits per heavy atom. The number of rotatable bonds is 8. The molecule has 0 aromatic heterocycles. The number of allylic oxidation sites excluding steroid dienone is 3. The van der Waals surface area contributed by atoms with E-state index in [-0.39, 0.29) is 0 Å². The molecular formula is C16H18O9. The van der Waals surface area contributed by atoms with E-state index >= 15 is 0 Å². The van der Waals surface area contributed by atoms with Crippen LogP contribution in [0.25, 0.3) is 0 Å². The Balaban J connectivity index is 0. The van der Waals surface area contributed by atoms with Crippen molar-refractivity contribution in [1.82, 2.24) is 0 Å². The molecule has 0 aliphatic heterocycles. The molecule has 0 aromatic carbocycles. The summed E-state index contributed by atoms with van der Waals surface area (Å²) in [5.41, 5.74) is -0.844. The summed E-state index contributed by atoms with van der Waals surface area (Å²) < 4.78 is 4.17. The highest BCUT2D eigenvalue weighted by molar-refractivity contribution is 6.04. The molecule has 0 aliphatic rings. The van der Waals surface area contributed by atoms with Crippen molar-refractivity contribution in [2.75, 3.05) is 0 Å². The molecule has 0 atom stereocenters.